The van der Waals surface area contributed by atoms with Crippen LogP contribution in [0.4, 0.5) is 0 Å². The molecular formula is C44H65O8P. The molecule has 0 aliphatic rings. The van der Waals surface area contributed by atoms with Crippen molar-refractivity contribution in [2.45, 2.75) is 116 Å². The molecule has 53 heavy (non-hydrogen) atoms. The third-order valence-corrected chi connectivity index (χ3v) is 7.53. The molecule has 0 spiro atoms. The zero-order valence-electron chi connectivity index (χ0n) is 32.1. The van der Waals surface area contributed by atoms with Gasteiger partial charge in [0.15, 0.2) is 6.10 Å². The van der Waals surface area contributed by atoms with Gasteiger partial charge in [0.2, 0.25) is 0 Å². The monoisotopic (exact) mass is 752 g/mol. The molecule has 9 heteroatoms. The number of rotatable bonds is 32. The number of hydrogen-bond donors (Lipinski definition) is 2. The van der Waals surface area contributed by atoms with Crippen LogP contribution in [0.3, 0.4) is 0 Å². The van der Waals surface area contributed by atoms with E-state index >= 15 is 0 Å². The van der Waals surface area contributed by atoms with E-state index in [1.807, 2.05) is 54.7 Å². The van der Waals surface area contributed by atoms with Crippen molar-refractivity contribution in [1.82, 2.24) is 0 Å². The standard InChI is InChI=1S/C44H65O8P/c1-3-5-7-9-11-13-15-17-18-19-20-21-22-23-24-25-27-28-30-32-34-36-38-43(45)50-40-42(41-51-53(47,48)49)52-44(46)39-37-35-33-31-29-26-16-14-12-10-8-6-4-2/h5-8,10-14,16-18,20-21,23-24,26-29,31,33,42H,3-4,9,15,19,22,25,30,32,34-41H2,1-2H3,(H2,47,48,49)/b7-5+,8-6+,12-10+,13-11+,16-14+,18-17+,21-20+,24-23+,28-27+,29-26+,33-31+. The minimum absolute atomic E-state index is 0.0984. The van der Waals surface area contributed by atoms with Crippen molar-refractivity contribution in [2.24, 2.45) is 0 Å². The fourth-order valence-electron chi connectivity index (χ4n) is 4.29. The van der Waals surface area contributed by atoms with Crippen LogP contribution in [0.2, 0.25) is 0 Å². The van der Waals surface area contributed by atoms with Crippen LogP contribution in [0.5, 0.6) is 0 Å². The van der Waals surface area contributed by atoms with Crippen molar-refractivity contribution in [3.63, 3.8) is 0 Å². The van der Waals surface area contributed by atoms with Gasteiger partial charge in [-0.2, -0.15) is 0 Å². The molecule has 2 N–H and O–H groups in total. The van der Waals surface area contributed by atoms with Gasteiger partial charge in [-0.1, -0.05) is 154 Å². The van der Waals surface area contributed by atoms with Crippen molar-refractivity contribution in [3.8, 4) is 0 Å². The van der Waals surface area contributed by atoms with E-state index < -0.39 is 32.5 Å². The van der Waals surface area contributed by atoms with Crippen molar-refractivity contribution < 1.29 is 37.9 Å². The average molecular weight is 753 g/mol. The summed E-state index contributed by atoms with van der Waals surface area (Å²) in [6.07, 6.45) is 56.1. The van der Waals surface area contributed by atoms with E-state index in [1.165, 1.54) is 0 Å². The summed E-state index contributed by atoms with van der Waals surface area (Å²) in [5, 5.41) is 0. The Balaban J connectivity index is 4.15. The highest BCUT2D eigenvalue weighted by atomic mass is 31.2. The van der Waals surface area contributed by atoms with Gasteiger partial charge in [0.25, 0.3) is 0 Å². The number of unbranched alkanes of at least 4 members (excludes halogenated alkanes) is 4. The first-order chi connectivity index (χ1) is 25.8. The second-order valence-corrected chi connectivity index (χ2v) is 13.1. The first-order valence-electron chi connectivity index (χ1n) is 19.0. The summed E-state index contributed by atoms with van der Waals surface area (Å²) >= 11 is 0. The lowest BCUT2D eigenvalue weighted by Gasteiger charge is -2.18. The van der Waals surface area contributed by atoms with Crippen LogP contribution < -0.4 is 0 Å². The molecule has 0 heterocycles. The number of ether oxygens (including phenoxy) is 2. The molecule has 0 rings (SSSR count). The summed E-state index contributed by atoms with van der Waals surface area (Å²) in [5.74, 6) is -1.03. The smallest absolute Gasteiger partial charge is 0.462 e. The lowest BCUT2D eigenvalue weighted by atomic mass is 10.1. The molecule has 1 atom stereocenters. The maximum absolute atomic E-state index is 12.3. The number of hydrogen-bond acceptors (Lipinski definition) is 6. The van der Waals surface area contributed by atoms with Gasteiger partial charge in [0.05, 0.1) is 6.61 Å². The highest BCUT2D eigenvalue weighted by Crippen LogP contribution is 2.35. The molecule has 0 amide bonds. The van der Waals surface area contributed by atoms with Crippen LogP contribution in [0.15, 0.2) is 134 Å². The Morgan fingerprint density at radius 1 is 0.509 bits per heavy atom. The van der Waals surface area contributed by atoms with E-state index in [-0.39, 0.29) is 19.4 Å². The molecule has 0 bridgehead atoms. The van der Waals surface area contributed by atoms with E-state index in [9.17, 15) is 14.2 Å². The lowest BCUT2D eigenvalue weighted by Crippen LogP contribution is -2.29. The number of carbonyl (C=O) groups excluding carboxylic acids is 2. The van der Waals surface area contributed by atoms with Gasteiger partial charge in [0, 0.05) is 12.8 Å². The van der Waals surface area contributed by atoms with Crippen LogP contribution in [0.1, 0.15) is 110 Å². The maximum atomic E-state index is 12.3. The van der Waals surface area contributed by atoms with Gasteiger partial charge in [-0.3, -0.25) is 14.1 Å². The number of phosphoric acid groups is 1. The van der Waals surface area contributed by atoms with Gasteiger partial charge < -0.3 is 19.3 Å². The van der Waals surface area contributed by atoms with Crippen LogP contribution in [-0.2, 0) is 28.2 Å². The number of allylic oxidation sites excluding steroid dienone is 22. The summed E-state index contributed by atoms with van der Waals surface area (Å²) in [7, 11) is -4.79. The summed E-state index contributed by atoms with van der Waals surface area (Å²) in [5.41, 5.74) is 0. The molecule has 0 aliphatic heterocycles. The zero-order chi connectivity index (χ0) is 38.9. The maximum Gasteiger partial charge on any atom is 0.469 e. The average Bonchev–Trinajstić information content (AvgIpc) is 3.13. The van der Waals surface area contributed by atoms with Gasteiger partial charge in [-0.05, 0) is 77.0 Å². The largest absolute Gasteiger partial charge is 0.469 e. The summed E-state index contributed by atoms with van der Waals surface area (Å²) in [6, 6.07) is 0. The fraction of sp³-hybridized carbons (Fsp3) is 0.455. The normalized spacial score (nSPS) is 14.0. The molecule has 8 nitrogen and oxygen atoms in total. The Bertz CT molecular complexity index is 1300. The van der Waals surface area contributed by atoms with Gasteiger partial charge >= 0.3 is 19.8 Å². The minimum atomic E-state index is -4.79. The molecule has 0 fully saturated rings. The Morgan fingerprint density at radius 2 is 0.962 bits per heavy atom. The first kappa shape index (κ1) is 49.2. The molecule has 0 saturated heterocycles. The van der Waals surface area contributed by atoms with Crippen molar-refractivity contribution in [3.05, 3.63) is 134 Å². The number of phosphoric ester groups is 1. The third-order valence-electron chi connectivity index (χ3n) is 7.04. The lowest BCUT2D eigenvalue weighted by molar-refractivity contribution is -0.161. The second kappa shape index (κ2) is 37.9. The Morgan fingerprint density at radius 3 is 1.49 bits per heavy atom. The number of esters is 2. The predicted molar refractivity (Wildman–Crippen MR) is 220 cm³/mol. The van der Waals surface area contributed by atoms with E-state index in [2.05, 4.69) is 97.4 Å². The Kier molecular flexibility index (Phi) is 35.2. The quantitative estimate of drug-likeness (QED) is 0.0229. The number of carbonyl (C=O) groups is 2. The van der Waals surface area contributed by atoms with Crippen molar-refractivity contribution >= 4 is 19.8 Å². The SMILES string of the molecule is CC/C=C/C=C/C=C/C=C/C=C/CCCC(=O)OC(COC(=O)CCCCC/C=C/C/C=C/C/C=C/C/C=C/C/C=C/C/C=C/CC)COP(=O)(O)O. The molecule has 0 radical (unpaired) electrons. The minimum Gasteiger partial charge on any atom is -0.462 e. The molecule has 0 aromatic heterocycles. The van der Waals surface area contributed by atoms with Gasteiger partial charge in [-0.15, -0.1) is 0 Å². The topological polar surface area (TPSA) is 119 Å². The zero-order valence-corrected chi connectivity index (χ0v) is 33.0. The molecular weight excluding hydrogens is 687 g/mol. The fourth-order valence-corrected chi connectivity index (χ4v) is 4.65. The van der Waals surface area contributed by atoms with Gasteiger partial charge in [-0.25, -0.2) is 4.57 Å². The molecule has 1 unspecified atom stereocenters. The second-order valence-electron chi connectivity index (χ2n) is 11.9. The van der Waals surface area contributed by atoms with E-state index in [0.29, 0.717) is 19.3 Å². The molecule has 0 aliphatic carbocycles. The predicted octanol–water partition coefficient (Wildman–Crippen LogP) is 11.6. The van der Waals surface area contributed by atoms with Crippen LogP contribution in [0, 0.1) is 0 Å². The Hall–Kier alpha value is -3.81. The summed E-state index contributed by atoms with van der Waals surface area (Å²) in [6.45, 7) is 3.30. The molecule has 0 aromatic carbocycles. The summed E-state index contributed by atoms with van der Waals surface area (Å²) < 4.78 is 26.2. The van der Waals surface area contributed by atoms with E-state index in [1.54, 1.807) is 0 Å². The highest BCUT2D eigenvalue weighted by molar-refractivity contribution is 7.46. The van der Waals surface area contributed by atoms with Crippen LogP contribution in [0.25, 0.3) is 0 Å². The molecule has 0 aromatic rings. The Labute approximate surface area is 320 Å². The molecule has 294 valence electrons. The molecule has 0 saturated carbocycles. The van der Waals surface area contributed by atoms with Crippen LogP contribution in [-0.4, -0.2) is 41.0 Å². The highest BCUT2D eigenvalue weighted by Gasteiger charge is 2.22. The van der Waals surface area contributed by atoms with E-state index in [0.717, 1.165) is 64.2 Å². The first-order valence-corrected chi connectivity index (χ1v) is 20.6. The summed E-state index contributed by atoms with van der Waals surface area (Å²) in [4.78, 5) is 42.7. The van der Waals surface area contributed by atoms with Crippen molar-refractivity contribution in [2.75, 3.05) is 13.2 Å². The van der Waals surface area contributed by atoms with Crippen molar-refractivity contribution in [1.29, 1.82) is 0 Å². The van der Waals surface area contributed by atoms with E-state index in [4.69, 9.17) is 19.3 Å². The third kappa shape index (κ3) is 40.8. The van der Waals surface area contributed by atoms with Crippen LogP contribution >= 0.6 is 7.82 Å². The van der Waals surface area contributed by atoms with Gasteiger partial charge in [0.1, 0.15) is 6.61 Å².